The summed E-state index contributed by atoms with van der Waals surface area (Å²) in [5, 5.41) is 0. The van der Waals surface area contributed by atoms with Crippen LogP contribution in [0.15, 0.2) is 24.4 Å². The Bertz CT molecular complexity index is 354. The number of carbonyl (C=O) groups is 1. The lowest BCUT2D eigenvalue weighted by molar-refractivity contribution is -0.119. The van der Waals surface area contributed by atoms with Gasteiger partial charge in [-0.1, -0.05) is 6.08 Å². The van der Waals surface area contributed by atoms with Gasteiger partial charge in [-0.25, -0.2) is 0 Å². The summed E-state index contributed by atoms with van der Waals surface area (Å²) in [5.74, 6) is 0.913. The zero-order valence-electron chi connectivity index (χ0n) is 11.6. The van der Waals surface area contributed by atoms with E-state index < -0.39 is 0 Å². The highest BCUT2D eigenvalue weighted by atomic mass is 16.1. The third-order valence-electron chi connectivity index (χ3n) is 4.05. The molecule has 0 aromatic heterocycles. The minimum Gasteiger partial charge on any atom is -0.383 e. The van der Waals surface area contributed by atoms with Crippen molar-refractivity contribution >= 4 is 5.78 Å². The SMILES string of the molecule is C=CCN1CCC[C@@H]2CC(=O)C(=CN(C)C)C[C@H]21. The molecular weight excluding hydrogens is 224 g/mol. The van der Waals surface area contributed by atoms with Crippen LogP contribution in [0, 0.1) is 5.92 Å². The molecule has 1 saturated heterocycles. The average Bonchev–Trinajstić information content (AvgIpc) is 2.31. The molecule has 1 aliphatic heterocycles. The fourth-order valence-corrected chi connectivity index (χ4v) is 3.28. The van der Waals surface area contributed by atoms with Crippen molar-refractivity contribution in [3.8, 4) is 0 Å². The molecule has 0 bridgehead atoms. The van der Waals surface area contributed by atoms with Gasteiger partial charge in [-0.3, -0.25) is 9.69 Å². The molecule has 0 radical (unpaired) electrons. The Hall–Kier alpha value is -1.09. The Morgan fingerprint density at radius 3 is 2.89 bits per heavy atom. The Morgan fingerprint density at radius 2 is 2.22 bits per heavy atom. The highest BCUT2D eigenvalue weighted by Gasteiger charge is 2.37. The molecule has 2 fully saturated rings. The van der Waals surface area contributed by atoms with Crippen LogP contribution in [0.25, 0.3) is 0 Å². The van der Waals surface area contributed by atoms with E-state index in [0.29, 0.717) is 17.7 Å². The van der Waals surface area contributed by atoms with Gasteiger partial charge in [-0.15, -0.1) is 6.58 Å². The molecule has 1 heterocycles. The monoisotopic (exact) mass is 248 g/mol. The van der Waals surface area contributed by atoms with Crippen LogP contribution in [-0.2, 0) is 4.79 Å². The van der Waals surface area contributed by atoms with Crippen molar-refractivity contribution in [2.45, 2.75) is 31.7 Å². The van der Waals surface area contributed by atoms with Crippen LogP contribution in [0.2, 0.25) is 0 Å². The summed E-state index contributed by atoms with van der Waals surface area (Å²) in [7, 11) is 3.96. The van der Waals surface area contributed by atoms with Crippen LogP contribution < -0.4 is 0 Å². The van der Waals surface area contributed by atoms with Gasteiger partial charge < -0.3 is 4.90 Å². The Balaban J connectivity index is 2.14. The van der Waals surface area contributed by atoms with Crippen molar-refractivity contribution in [1.82, 2.24) is 9.80 Å². The van der Waals surface area contributed by atoms with E-state index in [-0.39, 0.29) is 0 Å². The Morgan fingerprint density at radius 1 is 1.44 bits per heavy atom. The van der Waals surface area contributed by atoms with Crippen molar-refractivity contribution in [2.75, 3.05) is 27.2 Å². The van der Waals surface area contributed by atoms with Gasteiger partial charge in [0.05, 0.1) is 0 Å². The predicted octanol–water partition coefficient (Wildman–Crippen LogP) is 2.06. The predicted molar refractivity (Wildman–Crippen MR) is 74.3 cm³/mol. The van der Waals surface area contributed by atoms with Gasteiger partial charge in [0.1, 0.15) is 0 Å². The highest BCUT2D eigenvalue weighted by Crippen LogP contribution is 2.36. The van der Waals surface area contributed by atoms with E-state index in [1.165, 1.54) is 12.8 Å². The summed E-state index contributed by atoms with van der Waals surface area (Å²) >= 11 is 0. The molecule has 0 spiro atoms. The standard InChI is InChI=1S/C15H24N2O/c1-4-7-17-8-5-6-12-10-15(18)13(9-14(12)17)11-16(2)3/h4,11-12,14H,1,5-10H2,2-3H3/t12-,14-/m1/s1. The molecule has 18 heavy (non-hydrogen) atoms. The van der Waals surface area contributed by atoms with Crippen LogP contribution in [0.5, 0.6) is 0 Å². The fourth-order valence-electron chi connectivity index (χ4n) is 3.28. The molecule has 3 nitrogen and oxygen atoms in total. The summed E-state index contributed by atoms with van der Waals surface area (Å²) < 4.78 is 0. The molecule has 0 amide bonds. The van der Waals surface area contributed by atoms with Gasteiger partial charge in [0.25, 0.3) is 0 Å². The number of piperidine rings is 1. The van der Waals surface area contributed by atoms with E-state index in [4.69, 9.17) is 0 Å². The molecule has 0 aromatic rings. The van der Waals surface area contributed by atoms with Crippen molar-refractivity contribution in [2.24, 2.45) is 5.92 Å². The van der Waals surface area contributed by atoms with E-state index in [9.17, 15) is 4.79 Å². The van der Waals surface area contributed by atoms with Gasteiger partial charge in [0.15, 0.2) is 5.78 Å². The zero-order chi connectivity index (χ0) is 13.1. The molecule has 0 unspecified atom stereocenters. The lowest BCUT2D eigenvalue weighted by atomic mass is 9.75. The van der Waals surface area contributed by atoms with Crippen LogP contribution >= 0.6 is 0 Å². The molecule has 1 saturated carbocycles. The molecular formula is C15H24N2O. The largest absolute Gasteiger partial charge is 0.383 e. The van der Waals surface area contributed by atoms with Crippen molar-refractivity contribution in [3.63, 3.8) is 0 Å². The second-order valence-corrected chi connectivity index (χ2v) is 5.70. The lowest BCUT2D eigenvalue weighted by Gasteiger charge is -2.44. The van der Waals surface area contributed by atoms with Crippen LogP contribution in [0.4, 0.5) is 0 Å². The smallest absolute Gasteiger partial charge is 0.160 e. The minimum absolute atomic E-state index is 0.352. The maximum atomic E-state index is 12.1. The molecule has 1 aliphatic carbocycles. The Labute approximate surface area is 110 Å². The van der Waals surface area contributed by atoms with Gasteiger partial charge in [0.2, 0.25) is 0 Å². The number of hydrogen-bond donors (Lipinski definition) is 0. The third kappa shape index (κ3) is 2.83. The summed E-state index contributed by atoms with van der Waals surface area (Å²) in [6.07, 6.45) is 8.05. The first kappa shape index (κ1) is 13.3. The van der Waals surface area contributed by atoms with E-state index in [2.05, 4.69) is 11.5 Å². The van der Waals surface area contributed by atoms with Gasteiger partial charge >= 0.3 is 0 Å². The van der Waals surface area contributed by atoms with Gasteiger partial charge in [-0.05, 0) is 31.7 Å². The maximum absolute atomic E-state index is 12.1. The lowest BCUT2D eigenvalue weighted by Crippen LogP contribution is -2.48. The van der Waals surface area contributed by atoms with Crippen molar-refractivity contribution in [3.05, 3.63) is 24.4 Å². The van der Waals surface area contributed by atoms with Gasteiger partial charge in [-0.2, -0.15) is 0 Å². The normalized spacial score (nSPS) is 31.2. The number of ketones is 1. The van der Waals surface area contributed by atoms with Crippen LogP contribution in [-0.4, -0.2) is 48.8 Å². The zero-order valence-corrected chi connectivity index (χ0v) is 11.6. The number of Topliss-reactive ketones (excluding diaryl/α,β-unsaturated/α-hetero) is 1. The van der Waals surface area contributed by atoms with E-state index in [0.717, 1.165) is 31.5 Å². The minimum atomic E-state index is 0.352. The number of carbonyl (C=O) groups excluding carboxylic acids is 1. The molecule has 2 rings (SSSR count). The number of likely N-dealkylation sites (tertiary alicyclic amines) is 1. The van der Waals surface area contributed by atoms with Crippen LogP contribution in [0.1, 0.15) is 25.7 Å². The maximum Gasteiger partial charge on any atom is 0.160 e. The van der Waals surface area contributed by atoms with Crippen molar-refractivity contribution < 1.29 is 4.79 Å². The second kappa shape index (κ2) is 5.70. The van der Waals surface area contributed by atoms with E-state index in [1.54, 1.807) is 0 Å². The average molecular weight is 248 g/mol. The molecule has 3 heteroatoms. The Kier molecular flexibility index (Phi) is 4.23. The van der Waals surface area contributed by atoms with E-state index in [1.807, 2.05) is 31.3 Å². The molecule has 2 aliphatic rings. The first-order chi connectivity index (χ1) is 8.61. The summed E-state index contributed by atoms with van der Waals surface area (Å²) in [6.45, 7) is 5.94. The number of rotatable bonds is 3. The molecule has 0 N–H and O–H groups in total. The molecule has 2 atom stereocenters. The number of hydrogen-bond acceptors (Lipinski definition) is 3. The fraction of sp³-hybridized carbons (Fsp3) is 0.667. The molecule has 0 aromatic carbocycles. The van der Waals surface area contributed by atoms with Crippen molar-refractivity contribution in [1.29, 1.82) is 0 Å². The third-order valence-corrected chi connectivity index (χ3v) is 4.05. The summed E-state index contributed by atoms with van der Waals surface area (Å²) in [5.41, 5.74) is 0.997. The highest BCUT2D eigenvalue weighted by molar-refractivity contribution is 5.96. The number of nitrogens with zero attached hydrogens (tertiary/aromatic N) is 2. The van der Waals surface area contributed by atoms with Gasteiger partial charge in [0, 0.05) is 44.9 Å². The topological polar surface area (TPSA) is 23.6 Å². The second-order valence-electron chi connectivity index (χ2n) is 5.70. The summed E-state index contributed by atoms with van der Waals surface area (Å²) in [4.78, 5) is 16.6. The van der Waals surface area contributed by atoms with E-state index >= 15 is 0 Å². The number of fused-ring (bicyclic) bond motifs is 1. The quantitative estimate of drug-likeness (QED) is 0.564. The summed E-state index contributed by atoms with van der Waals surface area (Å²) in [6, 6.07) is 0.542. The first-order valence-electron chi connectivity index (χ1n) is 6.87. The van der Waals surface area contributed by atoms with Crippen LogP contribution in [0.3, 0.4) is 0 Å². The first-order valence-corrected chi connectivity index (χ1v) is 6.87. The molecule has 100 valence electrons.